The van der Waals surface area contributed by atoms with E-state index in [1.807, 2.05) is 18.2 Å². The first-order valence-corrected chi connectivity index (χ1v) is 6.04. The normalized spacial score (nSPS) is 28.1. The molecule has 1 saturated carbocycles. The Balaban J connectivity index is 2.41. The molecule has 0 amide bonds. The molecular formula is C14H20O3. The van der Waals surface area contributed by atoms with Crippen molar-refractivity contribution in [1.29, 1.82) is 0 Å². The van der Waals surface area contributed by atoms with E-state index < -0.39 is 5.60 Å². The van der Waals surface area contributed by atoms with Crippen LogP contribution < -0.4 is 9.47 Å². The van der Waals surface area contributed by atoms with Gasteiger partial charge in [0, 0.05) is 5.56 Å². The largest absolute Gasteiger partial charge is 0.497 e. The average Bonchev–Trinajstić information content (AvgIpc) is 2.69. The zero-order valence-electron chi connectivity index (χ0n) is 10.7. The highest BCUT2D eigenvalue weighted by molar-refractivity contribution is 5.44. The molecule has 0 bridgehead atoms. The van der Waals surface area contributed by atoms with Crippen molar-refractivity contribution < 1.29 is 14.6 Å². The predicted molar refractivity (Wildman–Crippen MR) is 66.5 cm³/mol. The molecule has 0 spiro atoms. The van der Waals surface area contributed by atoms with Gasteiger partial charge in [0.25, 0.3) is 0 Å². The summed E-state index contributed by atoms with van der Waals surface area (Å²) in [5.74, 6) is 2.05. The average molecular weight is 236 g/mol. The van der Waals surface area contributed by atoms with Crippen molar-refractivity contribution in [1.82, 2.24) is 0 Å². The maximum absolute atomic E-state index is 10.7. The molecule has 1 N–H and O–H groups in total. The van der Waals surface area contributed by atoms with Crippen molar-refractivity contribution in [3.8, 4) is 11.5 Å². The topological polar surface area (TPSA) is 38.7 Å². The Bertz CT molecular complexity index is 402. The van der Waals surface area contributed by atoms with Crippen molar-refractivity contribution in [3.05, 3.63) is 23.8 Å². The highest BCUT2D eigenvalue weighted by atomic mass is 16.5. The second kappa shape index (κ2) is 4.57. The quantitative estimate of drug-likeness (QED) is 0.877. The van der Waals surface area contributed by atoms with Gasteiger partial charge >= 0.3 is 0 Å². The summed E-state index contributed by atoms with van der Waals surface area (Å²) in [6.45, 7) is 2.17. The third-order valence-corrected chi connectivity index (χ3v) is 3.64. The number of rotatable bonds is 3. The summed E-state index contributed by atoms with van der Waals surface area (Å²) in [7, 11) is 3.26. The Morgan fingerprint density at radius 3 is 2.59 bits per heavy atom. The summed E-state index contributed by atoms with van der Waals surface area (Å²) < 4.78 is 10.6. The fourth-order valence-corrected chi connectivity index (χ4v) is 2.69. The van der Waals surface area contributed by atoms with E-state index in [1.54, 1.807) is 14.2 Å². The van der Waals surface area contributed by atoms with Crippen LogP contribution in [0.5, 0.6) is 11.5 Å². The lowest BCUT2D eigenvalue weighted by atomic mass is 9.90. The molecule has 1 aromatic carbocycles. The molecule has 1 aromatic rings. The maximum Gasteiger partial charge on any atom is 0.125 e. The van der Waals surface area contributed by atoms with Gasteiger partial charge in [-0.25, -0.2) is 0 Å². The zero-order valence-corrected chi connectivity index (χ0v) is 10.7. The van der Waals surface area contributed by atoms with Gasteiger partial charge in [-0.05, 0) is 43.4 Å². The van der Waals surface area contributed by atoms with Gasteiger partial charge in [-0.2, -0.15) is 0 Å². The highest BCUT2D eigenvalue weighted by Crippen LogP contribution is 2.45. The Kier molecular flexibility index (Phi) is 3.29. The zero-order chi connectivity index (χ0) is 12.5. The van der Waals surface area contributed by atoms with E-state index in [9.17, 15) is 5.11 Å². The minimum Gasteiger partial charge on any atom is -0.497 e. The first kappa shape index (κ1) is 12.2. The number of ether oxygens (including phenoxy) is 2. The van der Waals surface area contributed by atoms with Gasteiger partial charge in [0.2, 0.25) is 0 Å². The van der Waals surface area contributed by atoms with Crippen LogP contribution in [0.25, 0.3) is 0 Å². The molecule has 1 aliphatic rings. The second-order valence-electron chi connectivity index (χ2n) is 4.95. The molecule has 0 aromatic heterocycles. The molecule has 2 atom stereocenters. The number of aliphatic hydroxyl groups is 1. The van der Waals surface area contributed by atoms with Crippen molar-refractivity contribution in [3.63, 3.8) is 0 Å². The lowest BCUT2D eigenvalue weighted by Crippen LogP contribution is -2.22. The second-order valence-corrected chi connectivity index (χ2v) is 4.95. The third-order valence-electron chi connectivity index (χ3n) is 3.64. The van der Waals surface area contributed by atoms with Crippen molar-refractivity contribution >= 4 is 0 Å². The summed E-state index contributed by atoms with van der Waals surface area (Å²) >= 11 is 0. The molecule has 0 heterocycles. The molecule has 2 rings (SSSR count). The van der Waals surface area contributed by atoms with E-state index in [0.29, 0.717) is 5.92 Å². The van der Waals surface area contributed by atoms with Crippen LogP contribution in [-0.4, -0.2) is 19.3 Å². The van der Waals surface area contributed by atoms with Crippen LogP contribution in [-0.2, 0) is 5.60 Å². The molecule has 0 aliphatic heterocycles. The van der Waals surface area contributed by atoms with Crippen LogP contribution in [0.2, 0.25) is 0 Å². The van der Waals surface area contributed by atoms with Gasteiger partial charge in [0.05, 0.1) is 19.8 Å². The van der Waals surface area contributed by atoms with Crippen LogP contribution in [0.4, 0.5) is 0 Å². The van der Waals surface area contributed by atoms with E-state index in [-0.39, 0.29) is 0 Å². The Labute approximate surface area is 102 Å². The van der Waals surface area contributed by atoms with E-state index in [2.05, 4.69) is 6.92 Å². The summed E-state index contributed by atoms with van der Waals surface area (Å²) in [5.41, 5.74) is 0.0861. The molecule has 94 valence electrons. The third kappa shape index (κ3) is 2.25. The van der Waals surface area contributed by atoms with Gasteiger partial charge in [-0.3, -0.25) is 0 Å². The van der Waals surface area contributed by atoms with Gasteiger partial charge in [-0.15, -0.1) is 0 Å². The van der Waals surface area contributed by atoms with Crippen LogP contribution in [0.3, 0.4) is 0 Å². The van der Waals surface area contributed by atoms with Crippen LogP contribution in [0.15, 0.2) is 18.2 Å². The Morgan fingerprint density at radius 2 is 2.06 bits per heavy atom. The molecule has 0 saturated heterocycles. The summed E-state index contributed by atoms with van der Waals surface area (Å²) in [6.07, 6.45) is 2.63. The SMILES string of the molecule is COc1ccc(OC)c(C2(O)CCC(C)C2)c1. The predicted octanol–water partition coefficient (Wildman–Crippen LogP) is 2.71. The molecule has 0 radical (unpaired) electrons. The molecule has 1 aliphatic carbocycles. The maximum atomic E-state index is 10.7. The fraction of sp³-hybridized carbons (Fsp3) is 0.571. The standard InChI is InChI=1S/C14H20O3/c1-10-6-7-14(15,9-10)12-8-11(16-2)4-5-13(12)17-3/h4-5,8,10,15H,6-7,9H2,1-3H3. The lowest BCUT2D eigenvalue weighted by Gasteiger charge is -2.25. The van der Waals surface area contributed by atoms with Gasteiger partial charge < -0.3 is 14.6 Å². The first-order chi connectivity index (χ1) is 8.09. The van der Waals surface area contributed by atoms with E-state index in [4.69, 9.17) is 9.47 Å². The minimum absolute atomic E-state index is 0.552. The van der Waals surface area contributed by atoms with Crippen LogP contribution in [0.1, 0.15) is 31.7 Å². The van der Waals surface area contributed by atoms with Crippen molar-refractivity contribution in [2.75, 3.05) is 14.2 Å². The van der Waals surface area contributed by atoms with Crippen LogP contribution in [0, 0.1) is 5.92 Å². The molecule has 2 unspecified atom stereocenters. The summed E-state index contributed by atoms with van der Waals surface area (Å²) in [6, 6.07) is 5.59. The smallest absolute Gasteiger partial charge is 0.125 e. The van der Waals surface area contributed by atoms with Crippen LogP contribution >= 0.6 is 0 Å². The molecule has 3 nitrogen and oxygen atoms in total. The Morgan fingerprint density at radius 1 is 1.29 bits per heavy atom. The summed E-state index contributed by atoms with van der Waals surface area (Å²) in [4.78, 5) is 0. The number of hydrogen-bond donors (Lipinski definition) is 1. The molecule has 3 heteroatoms. The van der Waals surface area contributed by atoms with Gasteiger partial charge in [0.15, 0.2) is 0 Å². The van der Waals surface area contributed by atoms with E-state index in [0.717, 1.165) is 36.3 Å². The van der Waals surface area contributed by atoms with Crippen molar-refractivity contribution in [2.45, 2.75) is 31.8 Å². The van der Waals surface area contributed by atoms with E-state index >= 15 is 0 Å². The van der Waals surface area contributed by atoms with Crippen molar-refractivity contribution in [2.24, 2.45) is 5.92 Å². The molecule has 17 heavy (non-hydrogen) atoms. The highest BCUT2D eigenvalue weighted by Gasteiger charge is 2.39. The first-order valence-electron chi connectivity index (χ1n) is 6.04. The van der Waals surface area contributed by atoms with Gasteiger partial charge in [0.1, 0.15) is 11.5 Å². The number of methoxy groups -OCH3 is 2. The summed E-state index contributed by atoms with van der Waals surface area (Å²) in [5, 5.41) is 10.7. The molecular weight excluding hydrogens is 216 g/mol. The fourth-order valence-electron chi connectivity index (χ4n) is 2.69. The van der Waals surface area contributed by atoms with E-state index in [1.165, 1.54) is 0 Å². The lowest BCUT2D eigenvalue weighted by molar-refractivity contribution is 0.0381. The number of hydrogen-bond acceptors (Lipinski definition) is 3. The minimum atomic E-state index is -0.765. The number of benzene rings is 1. The van der Waals surface area contributed by atoms with Gasteiger partial charge in [-0.1, -0.05) is 6.92 Å². The monoisotopic (exact) mass is 236 g/mol. The molecule has 1 fully saturated rings. The Hall–Kier alpha value is -1.22.